The minimum atomic E-state index is -1.82. The minimum Gasteiger partial charge on any atom is -0.559 e. The van der Waals surface area contributed by atoms with Crippen LogP contribution in [0.2, 0.25) is 0 Å². The van der Waals surface area contributed by atoms with Crippen molar-refractivity contribution in [1.29, 1.82) is 0 Å². The van der Waals surface area contributed by atoms with Crippen LogP contribution in [0, 0.1) is 52.1 Å². The van der Waals surface area contributed by atoms with Crippen LogP contribution in [0.3, 0.4) is 0 Å². The van der Waals surface area contributed by atoms with Gasteiger partial charge in [0.2, 0.25) is 13.2 Å². The van der Waals surface area contributed by atoms with Gasteiger partial charge in [-0.05, 0) is 0 Å². The second-order valence-corrected chi connectivity index (χ2v) is 7.85. The fraction of sp³-hybridized carbons (Fsp3) is 0.651. The molecular formula is C43H107Cu7O16+. The summed E-state index contributed by atoms with van der Waals surface area (Å²) in [6.45, 7) is 54.1. The predicted molar refractivity (Wildman–Crippen MR) is 257 cm³/mol. The number of methoxy groups -OCH3 is 2. The van der Waals surface area contributed by atoms with E-state index in [9.17, 15) is 0 Å². The maximum Gasteiger partial charge on any atom is 1.00 e. The van der Waals surface area contributed by atoms with Gasteiger partial charge in [0.25, 0.3) is 0 Å². The summed E-state index contributed by atoms with van der Waals surface area (Å²) in [6.07, 6.45) is 14.2. The number of ether oxygens (including phenoxy) is 3. The molecule has 16 nitrogen and oxygen atoms in total. The van der Waals surface area contributed by atoms with Gasteiger partial charge in [0.05, 0.1) is 26.4 Å². The van der Waals surface area contributed by atoms with Crippen molar-refractivity contribution < 1.29 is 200 Å². The first-order valence-corrected chi connectivity index (χ1v) is 18.1. The van der Waals surface area contributed by atoms with Crippen LogP contribution in [0.25, 0.3) is 0 Å². The van der Waals surface area contributed by atoms with Gasteiger partial charge in [0.15, 0.2) is 13.2 Å². The van der Waals surface area contributed by atoms with Crippen LogP contribution in [0.1, 0.15) is 125 Å². The number of rotatable bonds is 4. The number of carboxylic acids is 2. The molecule has 2 heterocycles. The molecule has 0 spiro atoms. The molecule has 66 heavy (non-hydrogen) atoms. The van der Waals surface area contributed by atoms with E-state index in [-0.39, 0.29) is 161 Å². The smallest absolute Gasteiger partial charge is 0.559 e. The average molecular weight is 1330 g/mol. The van der Waals surface area contributed by atoms with Crippen molar-refractivity contribution in [1.82, 2.24) is 0 Å². The van der Waals surface area contributed by atoms with Gasteiger partial charge in [-0.3, -0.25) is 0 Å². The Bertz CT molecular complexity index is 455. The van der Waals surface area contributed by atoms with Crippen molar-refractivity contribution in [3.05, 3.63) is 78.4 Å². The zero-order valence-corrected chi connectivity index (χ0v) is 50.6. The number of carboxylic acid groups (broad SMARTS) is 2. The van der Waals surface area contributed by atoms with Gasteiger partial charge in [0.1, 0.15) is 0 Å². The second-order valence-electron chi connectivity index (χ2n) is 7.85. The predicted octanol–water partition coefficient (Wildman–Crippen LogP) is 6.60. The molecule has 451 valence electrons. The summed E-state index contributed by atoms with van der Waals surface area (Å²) in [6, 6.07) is 0. The molecule has 0 aromatic carbocycles. The van der Waals surface area contributed by atoms with Gasteiger partial charge in [0, 0.05) is 31.3 Å². The summed E-state index contributed by atoms with van der Waals surface area (Å²) in [7, 11) is 6.80. The molecule has 2 aliphatic heterocycles. The summed E-state index contributed by atoms with van der Waals surface area (Å²) >= 11 is 0. The van der Waals surface area contributed by atoms with Crippen LogP contribution in [0.15, 0.2) is 26.3 Å². The van der Waals surface area contributed by atoms with Crippen molar-refractivity contribution in [2.24, 2.45) is 0 Å². The molecule has 0 aromatic heterocycles. The standard InChI is InChI=1S/C4H10O2.C3H6O.7C3H7.C2H2O4.C2H6O2.C2H4O.2C2H6.2C2H4.CO2.7Cu.4H2O/c1-5-3-4-6-2;1-4-2-3-4;7*1-3-2;3-1(4)2(5)6;3-1-2-4;1-2-3-1;4*1-2;2-1-3;;;;;;;;;;;/h3-4H2,1-2H3;1-3H2;7*3H,1-2H3;(H,3,4)(H,5,6);3-4H,1-2H2;1-2H2;2*1-2H3;2*1-2H2;;;;;;;;;4*1H2/q;;7*-1;;;;;;;;;;6*+1;;;;/p+2. The first-order chi connectivity index (χ1) is 26.2. The Morgan fingerprint density at radius 1 is 0.545 bits per heavy atom. The molecule has 14 N–H and O–H groups in total. The summed E-state index contributed by atoms with van der Waals surface area (Å²) in [5, 5.41) is 27.3. The van der Waals surface area contributed by atoms with Crippen molar-refractivity contribution in [2.75, 3.05) is 67.1 Å². The maximum absolute atomic E-state index is 9.10. The average Bonchev–Trinajstić information content (AvgIpc) is 4.12. The third-order valence-corrected chi connectivity index (χ3v) is 1.50. The molecule has 0 bridgehead atoms. The molecule has 0 amide bonds. The quantitative estimate of drug-likeness (QED) is 0.0582. The van der Waals surface area contributed by atoms with Crippen LogP contribution in [-0.4, -0.2) is 127 Å². The Hall–Kier alpha value is 1.04. The summed E-state index contributed by atoms with van der Waals surface area (Å²) in [5.41, 5.74) is 0. The van der Waals surface area contributed by atoms with E-state index in [1.54, 1.807) is 14.2 Å². The molecule has 2 saturated heterocycles. The van der Waals surface area contributed by atoms with Crippen LogP contribution in [0.4, 0.5) is 0 Å². The largest absolute Gasteiger partial charge is 1.00 e. The van der Waals surface area contributed by atoms with Crippen molar-refractivity contribution in [2.45, 2.75) is 125 Å². The zero-order chi connectivity index (χ0) is 48.2. The zero-order valence-electron chi connectivity index (χ0n) is 44.0. The van der Waals surface area contributed by atoms with E-state index in [1.165, 1.54) is 0 Å². The van der Waals surface area contributed by atoms with Crippen LogP contribution < -0.4 is 0 Å². The number of aliphatic carboxylic acids is 2. The molecule has 23 heteroatoms. The molecule has 0 saturated carbocycles. The van der Waals surface area contributed by atoms with Crippen molar-refractivity contribution in [3.63, 3.8) is 0 Å². The minimum absolute atomic E-state index is 0. The molecule has 0 unspecified atom stereocenters. The summed E-state index contributed by atoms with van der Waals surface area (Å²) in [5.74, 6) is -3.65. The SMILES string of the molecule is C1CO1.C=C.C=C.CC.CC.COCCOC.C[CH-]C.C[CH-]C.C[CH-]C.C[CH-]C.C[CH-]C.C[CH-]C.C[CH-]C.O.O.O.O.O=C(O)C(=O)O.O=C=O.[CH2-][O+]1CC1.[Cu+].[Cu+].[Cu+].[Cu+].[Cu+].[Cu+].[Cu].[OH2+]CC[OH2+]. The Kier molecular flexibility index (Phi) is 871. The molecule has 2 aliphatic rings. The van der Waals surface area contributed by atoms with E-state index in [2.05, 4.69) is 52.0 Å². The van der Waals surface area contributed by atoms with Crippen molar-refractivity contribution in [3.8, 4) is 0 Å². The van der Waals surface area contributed by atoms with Gasteiger partial charge in [-0.15, -0.1) is 26.3 Å². The van der Waals surface area contributed by atoms with E-state index in [1.807, 2.05) is 170 Å². The molecule has 2 fully saturated rings. The molecule has 0 atom stereocenters. The van der Waals surface area contributed by atoms with Crippen molar-refractivity contribution >= 4 is 18.1 Å². The van der Waals surface area contributed by atoms with E-state index in [0.29, 0.717) is 13.2 Å². The number of epoxide rings is 2. The first-order valence-electron chi connectivity index (χ1n) is 18.1. The Balaban J connectivity index is -0.0000000107. The fourth-order valence-corrected chi connectivity index (χ4v) is 0.226. The van der Waals surface area contributed by atoms with Crippen LogP contribution >= 0.6 is 0 Å². The van der Waals surface area contributed by atoms with E-state index in [4.69, 9.17) is 39.6 Å². The van der Waals surface area contributed by atoms with Crippen LogP contribution in [-0.2, 0) is 157 Å². The topological polar surface area (TPSA) is 314 Å². The molecule has 0 aliphatic carbocycles. The number of hydrogen-bond donors (Lipinski definition) is 2. The fourth-order valence-electron chi connectivity index (χ4n) is 0.226. The molecular weight excluding hydrogens is 1220 g/mol. The van der Waals surface area contributed by atoms with E-state index < -0.39 is 11.9 Å². The van der Waals surface area contributed by atoms with Gasteiger partial charge < -0.3 is 106 Å². The number of carbonyl (C=O) groups is 2. The summed E-state index contributed by atoms with van der Waals surface area (Å²) < 4.78 is 16.4. The third-order valence-electron chi connectivity index (χ3n) is 1.50. The van der Waals surface area contributed by atoms with Gasteiger partial charge in [-0.2, -0.15) is 107 Å². The Morgan fingerprint density at radius 3 is 0.652 bits per heavy atom. The molecule has 0 aromatic rings. The van der Waals surface area contributed by atoms with E-state index >= 15 is 0 Å². The third kappa shape index (κ3) is 1570. The van der Waals surface area contributed by atoms with Crippen LogP contribution in [0.5, 0.6) is 0 Å². The molecule has 2 rings (SSSR count). The maximum atomic E-state index is 9.10. The normalized spacial score (nSPS) is 6.95. The van der Waals surface area contributed by atoms with E-state index in [0.717, 1.165) is 26.4 Å². The molecule has 1 radical (unpaired) electrons. The Labute approximate surface area is 483 Å². The number of carbonyl (C=O) groups excluding carboxylic acids is 2. The Morgan fingerprint density at radius 2 is 0.636 bits per heavy atom. The van der Waals surface area contributed by atoms with Gasteiger partial charge in [-0.1, -0.05) is 34.8 Å². The summed E-state index contributed by atoms with van der Waals surface area (Å²) in [4.78, 5) is 34.4. The first kappa shape index (κ1) is 174. The number of hydrogen-bond acceptors (Lipinski definition) is 7. The monoisotopic (exact) mass is 1320 g/mol. The van der Waals surface area contributed by atoms with Gasteiger partial charge in [-0.25, -0.2) is 9.59 Å². The van der Waals surface area contributed by atoms with Gasteiger partial charge >= 0.3 is 121 Å². The second kappa shape index (κ2) is 331.